The van der Waals surface area contributed by atoms with Crippen LogP contribution in [0.25, 0.3) is 0 Å². The number of anilines is 2. The molecule has 1 aromatic carbocycles. The number of benzene rings is 1. The van der Waals surface area contributed by atoms with Crippen molar-refractivity contribution in [3.63, 3.8) is 0 Å². The fourth-order valence-corrected chi connectivity index (χ4v) is 4.59. The zero-order valence-corrected chi connectivity index (χ0v) is 17.8. The SMILES string of the molecule is Nc1nc2c(c(=O)[nH]1)CC(CCc1cccc3c1CN([C@@H](CCC(=O)O)C(=O)O)C3=O)CN2. The van der Waals surface area contributed by atoms with Gasteiger partial charge in [-0.3, -0.25) is 19.4 Å². The van der Waals surface area contributed by atoms with Crippen LogP contribution in [0.15, 0.2) is 23.0 Å². The molecule has 4 rings (SSSR count). The van der Waals surface area contributed by atoms with Crippen LogP contribution >= 0.6 is 0 Å². The Morgan fingerprint density at radius 3 is 2.76 bits per heavy atom. The molecule has 33 heavy (non-hydrogen) atoms. The topological polar surface area (TPSA) is 179 Å². The fraction of sp³-hybridized carbons (Fsp3) is 0.409. The maximum Gasteiger partial charge on any atom is 0.326 e. The summed E-state index contributed by atoms with van der Waals surface area (Å²) in [6.07, 6.45) is 1.47. The van der Waals surface area contributed by atoms with Gasteiger partial charge in [-0.1, -0.05) is 12.1 Å². The van der Waals surface area contributed by atoms with Gasteiger partial charge in [-0.05, 0) is 48.8 Å². The van der Waals surface area contributed by atoms with Crippen molar-refractivity contribution in [2.45, 2.75) is 44.7 Å². The average Bonchev–Trinajstić information content (AvgIpc) is 3.09. The zero-order valence-electron chi connectivity index (χ0n) is 17.8. The minimum absolute atomic E-state index is 0.0711. The first-order chi connectivity index (χ1) is 15.7. The maximum atomic E-state index is 12.9. The highest BCUT2D eigenvalue weighted by molar-refractivity contribution is 6.00. The number of aromatic nitrogens is 2. The average molecular weight is 455 g/mol. The molecule has 0 spiro atoms. The van der Waals surface area contributed by atoms with Gasteiger partial charge in [0.25, 0.3) is 11.5 Å². The highest BCUT2D eigenvalue weighted by Gasteiger charge is 2.37. The number of carboxylic acid groups (broad SMARTS) is 2. The lowest BCUT2D eigenvalue weighted by Gasteiger charge is -2.25. The number of aliphatic carboxylic acids is 2. The van der Waals surface area contributed by atoms with E-state index < -0.39 is 23.9 Å². The number of rotatable bonds is 8. The monoisotopic (exact) mass is 455 g/mol. The van der Waals surface area contributed by atoms with Crippen LogP contribution in [-0.2, 0) is 29.0 Å². The number of carboxylic acids is 2. The van der Waals surface area contributed by atoms with E-state index in [2.05, 4.69) is 15.3 Å². The summed E-state index contributed by atoms with van der Waals surface area (Å²) >= 11 is 0. The zero-order chi connectivity index (χ0) is 23.7. The van der Waals surface area contributed by atoms with Crippen molar-refractivity contribution < 1.29 is 24.6 Å². The van der Waals surface area contributed by atoms with Crippen LogP contribution in [0.3, 0.4) is 0 Å². The number of carbonyl (C=O) groups excluding carboxylic acids is 1. The second-order valence-electron chi connectivity index (χ2n) is 8.43. The second kappa shape index (κ2) is 8.93. The number of H-pyrrole nitrogens is 1. The Kier molecular flexibility index (Phi) is 6.03. The van der Waals surface area contributed by atoms with E-state index in [9.17, 15) is 24.3 Å². The molecule has 0 saturated heterocycles. The Hall–Kier alpha value is -3.89. The van der Waals surface area contributed by atoms with Crippen LogP contribution in [0.5, 0.6) is 0 Å². The molecule has 2 aliphatic heterocycles. The number of aryl methyl sites for hydroxylation is 1. The molecule has 1 unspecified atom stereocenters. The first kappa shape index (κ1) is 22.3. The summed E-state index contributed by atoms with van der Waals surface area (Å²) in [5.41, 5.74) is 8.10. The van der Waals surface area contributed by atoms with Gasteiger partial charge in [0.1, 0.15) is 11.9 Å². The molecule has 1 aromatic heterocycles. The highest BCUT2D eigenvalue weighted by Crippen LogP contribution is 2.31. The number of carbonyl (C=O) groups is 3. The quantitative estimate of drug-likeness (QED) is 0.386. The van der Waals surface area contributed by atoms with Crippen LogP contribution in [0.4, 0.5) is 11.8 Å². The third kappa shape index (κ3) is 4.52. The molecule has 6 N–H and O–H groups in total. The number of fused-ring (bicyclic) bond motifs is 2. The van der Waals surface area contributed by atoms with Gasteiger partial charge in [-0.2, -0.15) is 4.98 Å². The minimum atomic E-state index is -1.22. The van der Waals surface area contributed by atoms with Crippen LogP contribution in [0, 0.1) is 5.92 Å². The molecule has 11 heteroatoms. The number of hydrogen-bond acceptors (Lipinski definition) is 7. The summed E-state index contributed by atoms with van der Waals surface area (Å²) in [4.78, 5) is 55.6. The van der Waals surface area contributed by atoms with E-state index in [0.29, 0.717) is 36.3 Å². The molecule has 1 amide bonds. The molecule has 2 aliphatic rings. The predicted octanol–water partition coefficient (Wildman–Crippen LogP) is 0.843. The smallest absolute Gasteiger partial charge is 0.326 e. The first-order valence-corrected chi connectivity index (χ1v) is 10.7. The Balaban J connectivity index is 1.47. The van der Waals surface area contributed by atoms with E-state index in [1.54, 1.807) is 12.1 Å². The van der Waals surface area contributed by atoms with E-state index in [1.165, 1.54) is 4.90 Å². The summed E-state index contributed by atoms with van der Waals surface area (Å²) < 4.78 is 0. The summed E-state index contributed by atoms with van der Waals surface area (Å²) in [6.45, 7) is 0.773. The van der Waals surface area contributed by atoms with Crippen LogP contribution < -0.4 is 16.6 Å². The number of nitrogens with one attached hydrogen (secondary N) is 2. The highest BCUT2D eigenvalue weighted by atomic mass is 16.4. The van der Waals surface area contributed by atoms with Gasteiger partial charge in [0.05, 0.1) is 5.56 Å². The molecule has 0 aliphatic carbocycles. The minimum Gasteiger partial charge on any atom is -0.481 e. The predicted molar refractivity (Wildman–Crippen MR) is 118 cm³/mol. The van der Waals surface area contributed by atoms with Crippen molar-refractivity contribution >= 4 is 29.6 Å². The number of amides is 1. The Bertz CT molecular complexity index is 1180. The molecule has 0 radical (unpaired) electrons. The molecule has 0 saturated carbocycles. The molecule has 11 nitrogen and oxygen atoms in total. The molecule has 2 aromatic rings. The van der Waals surface area contributed by atoms with Gasteiger partial charge >= 0.3 is 11.9 Å². The largest absolute Gasteiger partial charge is 0.481 e. The number of hydrogen-bond donors (Lipinski definition) is 5. The summed E-state index contributed by atoms with van der Waals surface area (Å²) in [5.74, 6) is -1.96. The van der Waals surface area contributed by atoms with Crippen LogP contribution in [0.1, 0.15) is 46.3 Å². The van der Waals surface area contributed by atoms with Crippen molar-refractivity contribution in [1.82, 2.24) is 14.9 Å². The molecular weight excluding hydrogens is 430 g/mol. The molecular formula is C22H25N5O6. The van der Waals surface area contributed by atoms with Gasteiger partial charge in [-0.15, -0.1) is 0 Å². The van der Waals surface area contributed by atoms with Gasteiger partial charge in [0.15, 0.2) is 0 Å². The number of nitrogen functional groups attached to an aromatic ring is 1. The third-order valence-corrected chi connectivity index (χ3v) is 6.29. The van der Waals surface area contributed by atoms with Crippen molar-refractivity contribution in [2.24, 2.45) is 5.92 Å². The van der Waals surface area contributed by atoms with Crippen molar-refractivity contribution in [2.75, 3.05) is 17.6 Å². The van der Waals surface area contributed by atoms with E-state index in [-0.39, 0.29) is 36.8 Å². The molecule has 0 fully saturated rings. The van der Waals surface area contributed by atoms with Crippen LogP contribution in [-0.4, -0.2) is 55.5 Å². The second-order valence-corrected chi connectivity index (χ2v) is 8.43. The van der Waals surface area contributed by atoms with E-state index in [1.807, 2.05) is 6.07 Å². The van der Waals surface area contributed by atoms with Crippen molar-refractivity contribution in [3.8, 4) is 0 Å². The first-order valence-electron chi connectivity index (χ1n) is 10.7. The molecule has 0 bridgehead atoms. The van der Waals surface area contributed by atoms with Crippen LogP contribution in [0.2, 0.25) is 0 Å². The third-order valence-electron chi connectivity index (χ3n) is 6.29. The summed E-state index contributed by atoms with van der Waals surface area (Å²) in [6, 6.07) is 4.17. The maximum absolute atomic E-state index is 12.9. The van der Waals surface area contributed by atoms with Gasteiger partial charge in [0, 0.05) is 25.1 Å². The van der Waals surface area contributed by atoms with Crippen molar-refractivity contribution in [3.05, 3.63) is 50.8 Å². The number of nitrogens with zero attached hydrogens (tertiary/aromatic N) is 2. The van der Waals surface area contributed by atoms with Gasteiger partial charge in [-0.25, -0.2) is 4.79 Å². The fourth-order valence-electron chi connectivity index (χ4n) is 4.59. The standard InChI is InChI=1S/C22H25N5O6/c23-22-25-18-14(19(30)26-22)8-11(9-24-18)4-5-12-2-1-3-13-15(12)10-27(20(13)31)16(21(32)33)6-7-17(28)29/h1-3,11,16H,4-10H2,(H,28,29)(H,32,33)(H4,23,24,25,26,30)/t11?,16-/m0/s1. The lowest BCUT2D eigenvalue weighted by Crippen LogP contribution is -2.41. The Morgan fingerprint density at radius 2 is 2.03 bits per heavy atom. The molecule has 2 atom stereocenters. The summed E-state index contributed by atoms with van der Waals surface area (Å²) in [5, 5.41) is 21.7. The Morgan fingerprint density at radius 1 is 1.24 bits per heavy atom. The van der Waals surface area contributed by atoms with E-state index >= 15 is 0 Å². The van der Waals surface area contributed by atoms with Gasteiger partial charge < -0.3 is 26.2 Å². The van der Waals surface area contributed by atoms with E-state index in [0.717, 1.165) is 17.5 Å². The Labute approximate surface area is 188 Å². The number of nitrogens with two attached hydrogens (primary N) is 1. The molecule has 174 valence electrons. The van der Waals surface area contributed by atoms with E-state index in [4.69, 9.17) is 10.8 Å². The van der Waals surface area contributed by atoms with Crippen molar-refractivity contribution in [1.29, 1.82) is 0 Å². The van der Waals surface area contributed by atoms with Gasteiger partial charge in [0.2, 0.25) is 5.95 Å². The summed E-state index contributed by atoms with van der Waals surface area (Å²) in [7, 11) is 0. The number of aromatic amines is 1. The normalized spacial score (nSPS) is 17.8. The molecule has 3 heterocycles. The lowest BCUT2D eigenvalue weighted by atomic mass is 9.89. The lowest BCUT2D eigenvalue weighted by molar-refractivity contribution is -0.143.